The molecule has 0 aliphatic carbocycles. The number of ether oxygens (including phenoxy) is 2. The molecule has 1 N–H and O–H groups in total. The molecule has 0 radical (unpaired) electrons. The molecule has 0 unspecified atom stereocenters. The second-order valence-corrected chi connectivity index (χ2v) is 9.90. The van der Waals surface area contributed by atoms with Crippen LogP contribution in [-0.2, 0) is 14.8 Å². The highest BCUT2D eigenvalue weighted by Gasteiger charge is 2.23. The predicted octanol–water partition coefficient (Wildman–Crippen LogP) is 3.53. The third kappa shape index (κ3) is 5.86. The Kier molecular flexibility index (Phi) is 7.45. The summed E-state index contributed by atoms with van der Waals surface area (Å²) in [5, 5.41) is 0. The van der Waals surface area contributed by atoms with Crippen LogP contribution < -0.4 is 19.1 Å². The van der Waals surface area contributed by atoms with Crippen molar-refractivity contribution < 1.29 is 22.7 Å². The fourth-order valence-electron chi connectivity index (χ4n) is 3.93. The molecule has 0 bridgehead atoms. The summed E-state index contributed by atoms with van der Waals surface area (Å²) in [5.74, 6) is 1.14. The Morgan fingerprint density at radius 1 is 0.914 bits per heavy atom. The van der Waals surface area contributed by atoms with Crippen LogP contribution >= 0.6 is 0 Å². The van der Waals surface area contributed by atoms with E-state index < -0.39 is 10.0 Å². The number of para-hydroxylation sites is 3. The maximum Gasteiger partial charge on any atom is 0.261 e. The summed E-state index contributed by atoms with van der Waals surface area (Å²) >= 11 is 0. The number of carbonyl (C=O) groups is 1. The molecule has 1 saturated heterocycles. The standard InChI is InChI=1S/C26H29N3O5S/c1-20-7-3-4-8-23(20)27-35(31,32)22-13-11-21(12-14-22)34-19-26(30)29-17-15-28(16-18-29)24-9-5-6-10-25(24)33-2/h3-14,27H,15-19H2,1-2H3. The number of rotatable bonds is 8. The van der Waals surface area contributed by atoms with Crippen molar-refractivity contribution in [3.63, 3.8) is 0 Å². The van der Waals surface area contributed by atoms with Crippen LogP contribution in [0.4, 0.5) is 11.4 Å². The minimum atomic E-state index is -3.73. The second-order valence-electron chi connectivity index (χ2n) is 8.22. The number of aryl methyl sites for hydroxylation is 1. The van der Waals surface area contributed by atoms with E-state index in [0.717, 1.165) is 17.0 Å². The number of nitrogens with zero attached hydrogens (tertiary/aromatic N) is 2. The molecule has 1 aliphatic rings. The first kappa shape index (κ1) is 24.4. The van der Waals surface area contributed by atoms with Gasteiger partial charge in [0, 0.05) is 26.2 Å². The molecular formula is C26H29N3O5S. The molecule has 1 fully saturated rings. The summed E-state index contributed by atoms with van der Waals surface area (Å²) in [4.78, 5) is 16.7. The van der Waals surface area contributed by atoms with Crippen LogP contribution in [0.5, 0.6) is 11.5 Å². The quantitative estimate of drug-likeness (QED) is 0.514. The molecule has 4 rings (SSSR count). The number of hydrogen-bond donors (Lipinski definition) is 1. The number of hydrogen-bond acceptors (Lipinski definition) is 6. The lowest BCUT2D eigenvalue weighted by atomic mass is 10.2. The molecule has 8 nitrogen and oxygen atoms in total. The summed E-state index contributed by atoms with van der Waals surface area (Å²) in [6.07, 6.45) is 0. The fraction of sp³-hybridized carbons (Fsp3) is 0.269. The van der Waals surface area contributed by atoms with Crippen LogP contribution in [0.25, 0.3) is 0 Å². The van der Waals surface area contributed by atoms with E-state index in [2.05, 4.69) is 9.62 Å². The third-order valence-corrected chi connectivity index (χ3v) is 7.33. The largest absolute Gasteiger partial charge is 0.495 e. The van der Waals surface area contributed by atoms with E-state index in [0.29, 0.717) is 37.6 Å². The number of sulfonamides is 1. The lowest BCUT2D eigenvalue weighted by molar-refractivity contribution is -0.133. The van der Waals surface area contributed by atoms with Gasteiger partial charge in [0.25, 0.3) is 15.9 Å². The van der Waals surface area contributed by atoms with Gasteiger partial charge in [-0.2, -0.15) is 0 Å². The van der Waals surface area contributed by atoms with Crippen molar-refractivity contribution in [1.29, 1.82) is 0 Å². The van der Waals surface area contributed by atoms with E-state index in [-0.39, 0.29) is 17.4 Å². The fourth-order valence-corrected chi connectivity index (χ4v) is 5.06. The molecule has 184 valence electrons. The molecule has 0 atom stereocenters. The van der Waals surface area contributed by atoms with Crippen LogP contribution in [0.15, 0.2) is 77.7 Å². The van der Waals surface area contributed by atoms with Crippen LogP contribution in [0.2, 0.25) is 0 Å². The molecule has 0 spiro atoms. The zero-order valence-electron chi connectivity index (χ0n) is 19.8. The van der Waals surface area contributed by atoms with Gasteiger partial charge in [0.15, 0.2) is 6.61 Å². The first-order chi connectivity index (χ1) is 16.9. The summed E-state index contributed by atoms with van der Waals surface area (Å²) < 4.78 is 39.0. The van der Waals surface area contributed by atoms with Crippen molar-refractivity contribution >= 4 is 27.3 Å². The van der Waals surface area contributed by atoms with E-state index in [1.165, 1.54) is 12.1 Å². The predicted molar refractivity (Wildman–Crippen MR) is 136 cm³/mol. The number of carbonyl (C=O) groups excluding carboxylic acids is 1. The zero-order valence-corrected chi connectivity index (χ0v) is 20.6. The molecule has 35 heavy (non-hydrogen) atoms. The van der Waals surface area contributed by atoms with E-state index in [4.69, 9.17) is 9.47 Å². The first-order valence-electron chi connectivity index (χ1n) is 11.3. The second kappa shape index (κ2) is 10.7. The average molecular weight is 496 g/mol. The molecule has 0 aromatic heterocycles. The van der Waals surface area contributed by atoms with Crippen LogP contribution in [0.1, 0.15) is 5.56 Å². The van der Waals surface area contributed by atoms with E-state index >= 15 is 0 Å². The highest BCUT2D eigenvalue weighted by atomic mass is 32.2. The van der Waals surface area contributed by atoms with Gasteiger partial charge in [0.1, 0.15) is 11.5 Å². The van der Waals surface area contributed by atoms with Gasteiger partial charge in [-0.05, 0) is 55.0 Å². The van der Waals surface area contributed by atoms with Gasteiger partial charge in [-0.25, -0.2) is 8.42 Å². The Morgan fingerprint density at radius 3 is 2.26 bits per heavy atom. The van der Waals surface area contributed by atoms with Crippen molar-refractivity contribution in [1.82, 2.24) is 4.90 Å². The Balaban J connectivity index is 1.29. The summed E-state index contributed by atoms with van der Waals surface area (Å²) in [6, 6.07) is 21.1. The van der Waals surface area contributed by atoms with Crippen molar-refractivity contribution in [3.05, 3.63) is 78.4 Å². The van der Waals surface area contributed by atoms with E-state index in [1.54, 1.807) is 36.3 Å². The van der Waals surface area contributed by atoms with Crippen molar-refractivity contribution in [2.75, 3.05) is 49.5 Å². The maximum absolute atomic E-state index is 12.7. The molecule has 3 aromatic rings. The van der Waals surface area contributed by atoms with E-state index in [9.17, 15) is 13.2 Å². The van der Waals surface area contributed by atoms with Crippen molar-refractivity contribution in [2.45, 2.75) is 11.8 Å². The third-order valence-electron chi connectivity index (χ3n) is 5.94. The lowest BCUT2D eigenvalue weighted by Crippen LogP contribution is -2.50. The van der Waals surface area contributed by atoms with Crippen LogP contribution in [0, 0.1) is 6.92 Å². The molecule has 1 amide bonds. The number of nitrogens with one attached hydrogen (secondary N) is 1. The maximum atomic E-state index is 12.7. The molecule has 3 aromatic carbocycles. The van der Waals surface area contributed by atoms with Gasteiger partial charge in [0.2, 0.25) is 0 Å². The Hall–Kier alpha value is -3.72. The van der Waals surface area contributed by atoms with Gasteiger partial charge in [-0.15, -0.1) is 0 Å². The van der Waals surface area contributed by atoms with Gasteiger partial charge >= 0.3 is 0 Å². The van der Waals surface area contributed by atoms with Gasteiger partial charge in [-0.1, -0.05) is 30.3 Å². The Morgan fingerprint density at radius 2 is 1.57 bits per heavy atom. The number of benzene rings is 3. The minimum absolute atomic E-state index is 0.109. The molecule has 1 aliphatic heterocycles. The number of amides is 1. The molecule has 0 saturated carbocycles. The lowest BCUT2D eigenvalue weighted by Gasteiger charge is -2.36. The Labute approximate surface area is 206 Å². The smallest absolute Gasteiger partial charge is 0.261 e. The first-order valence-corrected chi connectivity index (χ1v) is 12.8. The summed E-state index contributed by atoms with van der Waals surface area (Å²) in [5.41, 5.74) is 2.38. The number of anilines is 2. The van der Waals surface area contributed by atoms with Gasteiger partial charge in [-0.3, -0.25) is 9.52 Å². The number of piperazine rings is 1. The van der Waals surface area contributed by atoms with Gasteiger partial charge in [0.05, 0.1) is 23.4 Å². The van der Waals surface area contributed by atoms with E-state index in [1.807, 2.05) is 43.3 Å². The average Bonchev–Trinajstić information content (AvgIpc) is 2.89. The summed E-state index contributed by atoms with van der Waals surface area (Å²) in [7, 11) is -2.08. The van der Waals surface area contributed by atoms with Crippen molar-refractivity contribution in [2.24, 2.45) is 0 Å². The molecular weight excluding hydrogens is 466 g/mol. The topological polar surface area (TPSA) is 88.2 Å². The monoisotopic (exact) mass is 495 g/mol. The Bertz CT molecular complexity index is 1270. The highest BCUT2D eigenvalue weighted by Crippen LogP contribution is 2.28. The number of methoxy groups -OCH3 is 1. The molecule has 9 heteroatoms. The van der Waals surface area contributed by atoms with Crippen LogP contribution in [0.3, 0.4) is 0 Å². The minimum Gasteiger partial charge on any atom is -0.495 e. The zero-order chi connectivity index (χ0) is 24.8. The normalized spacial score (nSPS) is 13.9. The summed E-state index contributed by atoms with van der Waals surface area (Å²) in [6.45, 7) is 4.30. The highest BCUT2D eigenvalue weighted by molar-refractivity contribution is 7.92. The molecule has 1 heterocycles. The SMILES string of the molecule is COc1ccccc1N1CCN(C(=O)COc2ccc(S(=O)(=O)Nc3ccccc3C)cc2)CC1. The van der Waals surface area contributed by atoms with Gasteiger partial charge < -0.3 is 19.3 Å². The van der Waals surface area contributed by atoms with Crippen LogP contribution in [-0.4, -0.2) is 59.1 Å². The van der Waals surface area contributed by atoms with Crippen molar-refractivity contribution in [3.8, 4) is 11.5 Å².